The van der Waals surface area contributed by atoms with Crippen molar-refractivity contribution in [3.63, 3.8) is 0 Å². The number of carbonyl (C=O) groups excluding carboxylic acids is 1. The van der Waals surface area contributed by atoms with Gasteiger partial charge in [0.15, 0.2) is 0 Å². The third kappa shape index (κ3) is 4.23. The molecule has 0 aromatic carbocycles. The fourth-order valence-corrected chi connectivity index (χ4v) is 2.49. The number of hydrogen-bond acceptors (Lipinski definition) is 1. The highest BCUT2D eigenvalue weighted by Gasteiger charge is 2.21. The van der Waals surface area contributed by atoms with E-state index in [1.807, 2.05) is 4.90 Å². The van der Waals surface area contributed by atoms with E-state index in [0.717, 1.165) is 25.9 Å². The molecule has 2 heteroatoms. The first kappa shape index (κ1) is 12.5. The third-order valence-electron chi connectivity index (χ3n) is 3.38. The summed E-state index contributed by atoms with van der Waals surface area (Å²) in [4.78, 5) is 13.4. The smallest absolute Gasteiger partial charge is 0.222 e. The summed E-state index contributed by atoms with van der Waals surface area (Å²) in [6.45, 7) is 8.88. The van der Waals surface area contributed by atoms with E-state index in [0.29, 0.717) is 11.3 Å². The van der Waals surface area contributed by atoms with Gasteiger partial charge in [0.2, 0.25) is 5.91 Å². The highest BCUT2D eigenvalue weighted by atomic mass is 16.2. The fraction of sp³-hybridized carbons (Fsp3) is 0.923. The number of nitrogens with zero attached hydrogens (tertiary/aromatic N) is 1. The molecule has 1 aliphatic rings. The first-order valence-electron chi connectivity index (χ1n) is 6.33. The molecule has 88 valence electrons. The lowest BCUT2D eigenvalue weighted by molar-refractivity contribution is -0.127. The van der Waals surface area contributed by atoms with Gasteiger partial charge in [-0.15, -0.1) is 0 Å². The van der Waals surface area contributed by atoms with Crippen LogP contribution in [-0.4, -0.2) is 23.9 Å². The van der Waals surface area contributed by atoms with Gasteiger partial charge in [-0.25, -0.2) is 0 Å². The largest absolute Gasteiger partial charge is 0.343 e. The Bertz CT molecular complexity index is 211. The Labute approximate surface area is 94.0 Å². The molecule has 2 nitrogen and oxygen atoms in total. The molecule has 1 rings (SSSR count). The van der Waals surface area contributed by atoms with Gasteiger partial charge >= 0.3 is 0 Å². The number of rotatable bonds is 6. The SMILES string of the molecule is CCCC(C)(C)CCCN1CCCC1=O. The van der Waals surface area contributed by atoms with E-state index in [1.54, 1.807) is 0 Å². The third-order valence-corrected chi connectivity index (χ3v) is 3.38. The number of carbonyl (C=O) groups is 1. The van der Waals surface area contributed by atoms with E-state index >= 15 is 0 Å². The second-order valence-electron chi connectivity index (χ2n) is 5.50. The van der Waals surface area contributed by atoms with Gasteiger partial charge in [-0.3, -0.25) is 4.79 Å². The van der Waals surface area contributed by atoms with Crippen LogP contribution in [0.25, 0.3) is 0 Å². The lowest BCUT2D eigenvalue weighted by atomic mass is 9.83. The minimum Gasteiger partial charge on any atom is -0.343 e. The minimum absolute atomic E-state index is 0.364. The number of hydrogen-bond donors (Lipinski definition) is 0. The van der Waals surface area contributed by atoms with E-state index in [9.17, 15) is 4.79 Å². The molecule has 0 bridgehead atoms. The Morgan fingerprint density at radius 3 is 2.60 bits per heavy atom. The molecule has 1 aliphatic heterocycles. The van der Waals surface area contributed by atoms with Crippen molar-refractivity contribution >= 4 is 5.91 Å². The second-order valence-corrected chi connectivity index (χ2v) is 5.50. The zero-order valence-electron chi connectivity index (χ0n) is 10.5. The molecule has 0 atom stereocenters. The van der Waals surface area contributed by atoms with Crippen molar-refractivity contribution in [2.45, 2.75) is 59.3 Å². The molecule has 0 aromatic heterocycles. The fourth-order valence-electron chi connectivity index (χ4n) is 2.49. The molecular formula is C13H25NO. The highest BCUT2D eigenvalue weighted by Crippen LogP contribution is 2.28. The summed E-state index contributed by atoms with van der Waals surface area (Å²) < 4.78 is 0. The topological polar surface area (TPSA) is 20.3 Å². The summed E-state index contributed by atoms with van der Waals surface area (Å²) in [5.74, 6) is 0.364. The molecule has 15 heavy (non-hydrogen) atoms. The molecule has 1 amide bonds. The summed E-state index contributed by atoms with van der Waals surface area (Å²) in [6, 6.07) is 0. The molecule has 0 aliphatic carbocycles. The molecular weight excluding hydrogens is 186 g/mol. The first-order chi connectivity index (χ1) is 7.05. The summed E-state index contributed by atoms with van der Waals surface area (Å²) in [5.41, 5.74) is 0.456. The van der Waals surface area contributed by atoms with Gasteiger partial charge in [-0.1, -0.05) is 27.2 Å². The van der Waals surface area contributed by atoms with Crippen LogP contribution in [0.5, 0.6) is 0 Å². The Morgan fingerprint density at radius 2 is 2.07 bits per heavy atom. The Balaban J connectivity index is 2.17. The van der Waals surface area contributed by atoms with Crippen LogP contribution in [0.15, 0.2) is 0 Å². The zero-order valence-corrected chi connectivity index (χ0v) is 10.5. The molecule has 0 aromatic rings. The van der Waals surface area contributed by atoms with Crippen LogP contribution in [0, 0.1) is 5.41 Å². The van der Waals surface area contributed by atoms with Crippen molar-refractivity contribution in [2.24, 2.45) is 5.41 Å². The van der Waals surface area contributed by atoms with Crippen LogP contribution in [0.3, 0.4) is 0 Å². The maximum absolute atomic E-state index is 11.4. The van der Waals surface area contributed by atoms with Crippen molar-refractivity contribution in [3.8, 4) is 0 Å². The summed E-state index contributed by atoms with van der Waals surface area (Å²) in [7, 11) is 0. The average Bonchev–Trinajstić information content (AvgIpc) is 2.51. The molecule has 1 heterocycles. The maximum atomic E-state index is 11.4. The average molecular weight is 211 g/mol. The van der Waals surface area contributed by atoms with Gasteiger partial charge in [-0.05, 0) is 31.1 Å². The molecule has 0 unspecified atom stereocenters. The van der Waals surface area contributed by atoms with Gasteiger partial charge < -0.3 is 4.90 Å². The Kier molecular flexibility index (Phi) is 4.62. The molecule has 0 saturated carbocycles. The van der Waals surface area contributed by atoms with Crippen molar-refractivity contribution in [1.29, 1.82) is 0 Å². The van der Waals surface area contributed by atoms with E-state index in [-0.39, 0.29) is 0 Å². The lowest BCUT2D eigenvalue weighted by Crippen LogP contribution is -2.26. The second kappa shape index (κ2) is 5.53. The van der Waals surface area contributed by atoms with Crippen LogP contribution in [0.4, 0.5) is 0 Å². The van der Waals surface area contributed by atoms with Gasteiger partial charge in [0, 0.05) is 19.5 Å². The van der Waals surface area contributed by atoms with Crippen LogP contribution >= 0.6 is 0 Å². The van der Waals surface area contributed by atoms with Gasteiger partial charge in [-0.2, -0.15) is 0 Å². The number of amides is 1. The van der Waals surface area contributed by atoms with E-state index < -0.39 is 0 Å². The van der Waals surface area contributed by atoms with Crippen LogP contribution in [0.1, 0.15) is 59.3 Å². The van der Waals surface area contributed by atoms with E-state index in [2.05, 4.69) is 20.8 Å². The van der Waals surface area contributed by atoms with Gasteiger partial charge in [0.1, 0.15) is 0 Å². The molecule has 1 saturated heterocycles. The van der Waals surface area contributed by atoms with Crippen LogP contribution in [0.2, 0.25) is 0 Å². The molecule has 0 spiro atoms. The van der Waals surface area contributed by atoms with E-state index in [4.69, 9.17) is 0 Å². The summed E-state index contributed by atoms with van der Waals surface area (Å²) >= 11 is 0. The van der Waals surface area contributed by atoms with Crippen LogP contribution in [-0.2, 0) is 4.79 Å². The number of likely N-dealkylation sites (tertiary alicyclic amines) is 1. The van der Waals surface area contributed by atoms with Crippen molar-refractivity contribution in [2.75, 3.05) is 13.1 Å². The predicted octanol–water partition coefficient (Wildman–Crippen LogP) is 3.22. The quantitative estimate of drug-likeness (QED) is 0.660. The van der Waals surface area contributed by atoms with Crippen molar-refractivity contribution in [3.05, 3.63) is 0 Å². The zero-order chi connectivity index (χ0) is 11.3. The van der Waals surface area contributed by atoms with E-state index in [1.165, 1.54) is 25.7 Å². The van der Waals surface area contributed by atoms with Crippen molar-refractivity contribution < 1.29 is 4.79 Å². The van der Waals surface area contributed by atoms with Crippen LogP contribution < -0.4 is 0 Å². The summed E-state index contributed by atoms with van der Waals surface area (Å²) in [6.07, 6.45) is 6.80. The predicted molar refractivity (Wildman–Crippen MR) is 63.7 cm³/mol. The summed E-state index contributed by atoms with van der Waals surface area (Å²) in [5, 5.41) is 0. The standard InChI is InChI=1S/C13H25NO/c1-4-8-13(2,3)9-6-11-14-10-5-7-12(14)15/h4-11H2,1-3H3. The Hall–Kier alpha value is -0.530. The molecule has 0 radical (unpaired) electrons. The monoisotopic (exact) mass is 211 g/mol. The van der Waals surface area contributed by atoms with Gasteiger partial charge in [0.25, 0.3) is 0 Å². The van der Waals surface area contributed by atoms with Gasteiger partial charge in [0.05, 0.1) is 0 Å². The lowest BCUT2D eigenvalue weighted by Gasteiger charge is -2.25. The first-order valence-corrected chi connectivity index (χ1v) is 6.33. The Morgan fingerprint density at radius 1 is 1.33 bits per heavy atom. The minimum atomic E-state index is 0.364. The highest BCUT2D eigenvalue weighted by molar-refractivity contribution is 5.77. The maximum Gasteiger partial charge on any atom is 0.222 e. The molecule has 0 N–H and O–H groups in total. The molecule has 1 fully saturated rings. The van der Waals surface area contributed by atoms with Crippen molar-refractivity contribution in [1.82, 2.24) is 4.90 Å². The normalized spacial score (nSPS) is 17.5.